The number of ether oxygens (including phenoxy) is 7. The Morgan fingerprint density at radius 2 is 0.803 bits per heavy atom. The van der Waals surface area contributed by atoms with E-state index in [0.29, 0.717) is 50.2 Å². The van der Waals surface area contributed by atoms with Crippen LogP contribution in [0, 0.1) is 11.8 Å². The van der Waals surface area contributed by atoms with Gasteiger partial charge in [0.2, 0.25) is 0 Å². The predicted octanol–water partition coefficient (Wildman–Crippen LogP) is -4.87. The molecule has 4 aliphatic heterocycles. The van der Waals surface area contributed by atoms with Crippen LogP contribution in [0.4, 0.5) is 0 Å². The molecule has 25 nitrogen and oxygen atoms in total. The zero-order valence-corrected chi connectivity index (χ0v) is 41.7. The van der Waals surface area contributed by atoms with E-state index in [9.17, 15) is 86.2 Å². The molecule has 418 valence electrons. The molecule has 0 amide bonds. The Hall–Kier alpha value is -1.04. The molecular weight excluding hydrogens is 993 g/mol. The molecule has 2 unspecified atom stereocenters. The SMILES string of the molecule is COCCCCC(CCCSC[C@H]1O[C@H](O[C@H]2O[C@H](CO)[C@@H](O)[C@H](O)[C@H]2O)[C@H](O)[C@@H](O)[C@@H]1O)C(C)=O.O=C(O)C(CCCCO)CCCSC[C@H]1O[C@H](O[C@H]2O[C@H](CO)[C@@H](O)[C@H](O)[C@H]2O)[C@H](O)[C@@H](O)[C@@H]1O. The fourth-order valence-electron chi connectivity index (χ4n) is 8.30. The highest BCUT2D eigenvalue weighted by Crippen LogP contribution is 2.32. The Bertz CT molecular complexity index is 1480. The van der Waals surface area contributed by atoms with Crippen LogP contribution in [-0.2, 0) is 42.7 Å². The lowest BCUT2D eigenvalue weighted by atomic mass is 9.93. The number of carbonyl (C=O) groups is 2. The minimum Gasteiger partial charge on any atom is -0.481 e. The Balaban J connectivity index is 0.000000375. The molecule has 4 aliphatic rings. The number of thioether (sulfide) groups is 2. The van der Waals surface area contributed by atoms with Crippen molar-refractivity contribution < 1.29 is 124 Å². The zero-order valence-electron chi connectivity index (χ0n) is 40.1. The maximum Gasteiger partial charge on any atom is 0.306 e. The molecule has 0 aliphatic carbocycles. The first kappa shape index (κ1) is 64.2. The molecule has 22 atom stereocenters. The number of aliphatic hydroxyl groups is 15. The van der Waals surface area contributed by atoms with Gasteiger partial charge < -0.3 is 115 Å². The number of Topliss-reactive ketones (excluding diaryl/α,β-unsaturated/α-hetero) is 1. The lowest BCUT2D eigenvalue weighted by Crippen LogP contribution is -2.63. The number of carbonyl (C=O) groups excluding carboxylic acids is 1. The normalized spacial score (nSPS) is 38.5. The molecule has 4 fully saturated rings. The van der Waals surface area contributed by atoms with Crippen LogP contribution in [0.15, 0.2) is 0 Å². The van der Waals surface area contributed by atoms with Gasteiger partial charge in [-0.25, -0.2) is 0 Å². The van der Waals surface area contributed by atoms with E-state index in [0.717, 1.165) is 32.1 Å². The number of aliphatic carboxylic acids is 1. The molecule has 0 radical (unpaired) electrons. The van der Waals surface area contributed by atoms with E-state index in [4.69, 9.17) is 38.3 Å². The molecule has 4 saturated heterocycles. The van der Waals surface area contributed by atoms with E-state index in [1.807, 2.05) is 0 Å². The predicted molar refractivity (Wildman–Crippen MR) is 248 cm³/mol. The van der Waals surface area contributed by atoms with Crippen molar-refractivity contribution in [2.45, 2.75) is 194 Å². The van der Waals surface area contributed by atoms with Crippen LogP contribution in [0.1, 0.15) is 71.1 Å². The number of aliphatic hydroxyl groups excluding tert-OH is 15. The van der Waals surface area contributed by atoms with Gasteiger partial charge in [0.1, 0.15) is 91.2 Å². The number of carboxylic acids is 1. The number of rotatable bonds is 29. The highest BCUT2D eigenvalue weighted by Gasteiger charge is 2.51. The van der Waals surface area contributed by atoms with Crippen molar-refractivity contribution in [2.24, 2.45) is 11.8 Å². The van der Waals surface area contributed by atoms with Crippen LogP contribution >= 0.6 is 23.5 Å². The maximum absolute atomic E-state index is 11.9. The minimum atomic E-state index is -1.74. The molecule has 0 aromatic carbocycles. The summed E-state index contributed by atoms with van der Waals surface area (Å²) in [5.41, 5.74) is 0. The van der Waals surface area contributed by atoms with Gasteiger partial charge in [-0.15, -0.1) is 0 Å². The smallest absolute Gasteiger partial charge is 0.306 e. The number of hydrogen-bond donors (Lipinski definition) is 16. The van der Waals surface area contributed by atoms with Crippen LogP contribution < -0.4 is 0 Å². The molecule has 0 aromatic rings. The van der Waals surface area contributed by atoms with E-state index in [1.54, 1.807) is 14.0 Å². The van der Waals surface area contributed by atoms with Crippen LogP contribution in [0.5, 0.6) is 0 Å². The standard InChI is InChI=1S/C23H42O12S.C21H38O13S/c1-12(25)13(6-3-4-8-32-2)7-5-9-36-11-15-17(27)19(29)21(31)23(34-15)35-22-20(30)18(28)16(26)14(10-24)33-22;22-6-2-1-4-10(19(30)31)5-3-7-35-9-12-14(25)16(27)18(29)21(33-12)34-20-17(28)15(26)13(24)11(8-23)32-20/h13-24,26-31H,3-11H2,1-2H3;10-18,20-29H,1-9H2,(H,30,31)/t13?,14-,15-,16-,17-,18+,19+,20-,21-,22-,23-;10?,11-,12-,13-,14-,15+,16+,17-,18-,20-,21-/m11/s1. The second-order valence-corrected chi connectivity index (χ2v) is 20.5. The largest absolute Gasteiger partial charge is 0.481 e. The maximum atomic E-state index is 11.9. The summed E-state index contributed by atoms with van der Waals surface area (Å²) in [4.78, 5) is 23.3. The van der Waals surface area contributed by atoms with Gasteiger partial charge >= 0.3 is 5.97 Å². The van der Waals surface area contributed by atoms with Crippen LogP contribution in [0.3, 0.4) is 0 Å². The Labute approximate surface area is 420 Å². The molecule has 71 heavy (non-hydrogen) atoms. The third kappa shape index (κ3) is 19.5. The summed E-state index contributed by atoms with van der Waals surface area (Å²) in [5.74, 6) is 0.440. The molecule has 0 aromatic heterocycles. The third-order valence-corrected chi connectivity index (χ3v) is 15.1. The number of unbranched alkanes of at least 4 members (excludes halogenated alkanes) is 2. The summed E-state index contributed by atoms with van der Waals surface area (Å²) in [7, 11) is 1.65. The van der Waals surface area contributed by atoms with Crippen molar-refractivity contribution in [3.63, 3.8) is 0 Å². The first-order chi connectivity index (χ1) is 33.7. The number of methoxy groups -OCH3 is 1. The molecule has 27 heteroatoms. The van der Waals surface area contributed by atoms with Gasteiger partial charge in [0.25, 0.3) is 0 Å². The van der Waals surface area contributed by atoms with Crippen molar-refractivity contribution in [1.82, 2.24) is 0 Å². The number of carboxylic acid groups (broad SMARTS) is 1. The number of hydrogen-bond acceptors (Lipinski definition) is 26. The third-order valence-electron chi connectivity index (χ3n) is 12.9. The lowest BCUT2D eigenvalue weighted by Gasteiger charge is -2.44. The highest BCUT2D eigenvalue weighted by atomic mass is 32.2. The molecular formula is C44H80O25S2. The van der Waals surface area contributed by atoms with Crippen molar-refractivity contribution in [3.8, 4) is 0 Å². The summed E-state index contributed by atoms with van der Waals surface area (Å²) in [6, 6.07) is 0. The summed E-state index contributed by atoms with van der Waals surface area (Å²) in [6.45, 7) is 0.961. The molecule has 4 rings (SSSR count). The van der Waals surface area contributed by atoms with Gasteiger partial charge in [-0.3, -0.25) is 9.59 Å². The van der Waals surface area contributed by atoms with Gasteiger partial charge in [-0.2, -0.15) is 23.5 Å². The second-order valence-electron chi connectivity index (χ2n) is 18.2. The highest BCUT2D eigenvalue weighted by molar-refractivity contribution is 7.99. The van der Waals surface area contributed by atoms with E-state index in [-0.39, 0.29) is 29.8 Å². The fourth-order valence-corrected chi connectivity index (χ4v) is 10.4. The van der Waals surface area contributed by atoms with Crippen LogP contribution in [-0.4, -0.2) is 273 Å². The van der Waals surface area contributed by atoms with E-state index < -0.39 is 148 Å². The molecule has 16 N–H and O–H groups in total. The number of ketones is 1. The summed E-state index contributed by atoms with van der Waals surface area (Å²) in [5, 5.41) is 158. The molecule has 0 saturated carbocycles. The van der Waals surface area contributed by atoms with Crippen molar-refractivity contribution in [2.75, 3.05) is 56.5 Å². The average Bonchev–Trinajstić information content (AvgIpc) is 3.35. The topological polar surface area (TPSA) is 422 Å². The van der Waals surface area contributed by atoms with Gasteiger partial charge in [-0.1, -0.05) is 12.8 Å². The zero-order chi connectivity index (χ0) is 52.9. The fraction of sp³-hybridized carbons (Fsp3) is 0.955. The molecule has 0 spiro atoms. The Morgan fingerprint density at radius 3 is 1.15 bits per heavy atom. The average molecular weight is 1070 g/mol. The van der Waals surface area contributed by atoms with Crippen molar-refractivity contribution in [1.29, 1.82) is 0 Å². The van der Waals surface area contributed by atoms with E-state index in [1.165, 1.54) is 23.5 Å². The minimum absolute atomic E-state index is 0.00716. The first-order valence-corrected chi connectivity index (χ1v) is 26.3. The van der Waals surface area contributed by atoms with Crippen LogP contribution in [0.2, 0.25) is 0 Å². The van der Waals surface area contributed by atoms with Gasteiger partial charge in [0, 0.05) is 37.7 Å². The Kier molecular flexibility index (Phi) is 30.0. The lowest BCUT2D eigenvalue weighted by molar-refractivity contribution is -0.373. The second kappa shape index (κ2) is 33.2. The van der Waals surface area contributed by atoms with Gasteiger partial charge in [0.05, 0.1) is 31.3 Å². The monoisotopic (exact) mass is 1070 g/mol. The van der Waals surface area contributed by atoms with E-state index >= 15 is 0 Å². The van der Waals surface area contributed by atoms with Crippen molar-refractivity contribution >= 4 is 35.3 Å². The van der Waals surface area contributed by atoms with E-state index in [2.05, 4.69) is 0 Å². The van der Waals surface area contributed by atoms with Gasteiger partial charge in [0.15, 0.2) is 25.2 Å². The summed E-state index contributed by atoms with van der Waals surface area (Å²) < 4.78 is 37.6. The van der Waals surface area contributed by atoms with Crippen LogP contribution in [0.25, 0.3) is 0 Å². The van der Waals surface area contributed by atoms with Gasteiger partial charge in [-0.05, 0) is 69.8 Å². The molecule has 4 heterocycles. The summed E-state index contributed by atoms with van der Waals surface area (Å²) >= 11 is 2.80. The quantitative estimate of drug-likeness (QED) is 0.0312. The molecule has 0 bridgehead atoms. The first-order valence-electron chi connectivity index (χ1n) is 24.0. The van der Waals surface area contributed by atoms with Crippen molar-refractivity contribution in [3.05, 3.63) is 0 Å². The Morgan fingerprint density at radius 1 is 0.465 bits per heavy atom. The summed E-state index contributed by atoms with van der Waals surface area (Å²) in [6.07, 6.45) is -23.2.